The number of Topliss-reactive ketones (excluding diaryl/α,β-unsaturated/α-hetero) is 1. The number of hydrogen-bond donors (Lipinski definition) is 1. The van der Waals surface area contributed by atoms with Crippen molar-refractivity contribution in [3.63, 3.8) is 0 Å². The van der Waals surface area contributed by atoms with Gasteiger partial charge in [-0.15, -0.1) is 0 Å². The monoisotopic (exact) mass is 562 g/mol. The molecular formula is C21H24I2O2. The second-order valence-corrected chi connectivity index (χ2v) is 8.82. The average molecular weight is 562 g/mol. The van der Waals surface area contributed by atoms with Gasteiger partial charge < -0.3 is 5.11 Å². The van der Waals surface area contributed by atoms with E-state index in [0.29, 0.717) is 5.78 Å². The molecule has 0 aromatic heterocycles. The molecule has 0 heterocycles. The molecule has 2 aromatic rings. The summed E-state index contributed by atoms with van der Waals surface area (Å²) in [5.41, 5.74) is 4.65. The summed E-state index contributed by atoms with van der Waals surface area (Å²) < 4.78 is 2.49. The third kappa shape index (κ3) is 5.26. The van der Waals surface area contributed by atoms with Crippen LogP contribution in [0, 0.1) is 7.14 Å². The van der Waals surface area contributed by atoms with Crippen molar-refractivity contribution in [2.75, 3.05) is 0 Å². The highest BCUT2D eigenvalue weighted by Crippen LogP contribution is 2.30. The zero-order valence-electron chi connectivity index (χ0n) is 13.4. The number of ketones is 1. The van der Waals surface area contributed by atoms with Gasteiger partial charge in [-0.3, -0.25) is 4.79 Å². The first-order chi connectivity index (χ1) is 11.5. The van der Waals surface area contributed by atoms with Gasteiger partial charge in [0.1, 0.15) is 0 Å². The Labute approximate surface area is 177 Å². The third-order valence-electron chi connectivity index (χ3n) is 4.61. The number of halogens is 2. The van der Waals surface area contributed by atoms with Crippen LogP contribution in [0.15, 0.2) is 36.4 Å². The number of aryl methyl sites for hydroxylation is 2. The van der Waals surface area contributed by atoms with Crippen LogP contribution in [-0.2, 0) is 12.8 Å². The smallest absolute Gasteiger partial charge is 0.163 e. The lowest BCUT2D eigenvalue weighted by Crippen LogP contribution is -2.10. The van der Waals surface area contributed by atoms with Crippen molar-refractivity contribution in [1.29, 1.82) is 0 Å². The lowest BCUT2D eigenvalue weighted by molar-refractivity contribution is 0.0972. The van der Waals surface area contributed by atoms with Gasteiger partial charge in [0.05, 0.1) is 6.10 Å². The standard InChI is InChI=1S/C10H11IO.C10H9IO.CH4/c2*11-8-4-5-9-7(6-8)2-1-3-10(9)12;/h4-6,10,12H,1-3H2;4-6H,1-3H2;1H4/t10-;;/m0../s1. The van der Waals surface area contributed by atoms with Crippen molar-refractivity contribution < 1.29 is 9.90 Å². The van der Waals surface area contributed by atoms with Crippen LogP contribution in [0.2, 0.25) is 0 Å². The first kappa shape index (κ1) is 20.8. The zero-order chi connectivity index (χ0) is 17.1. The highest BCUT2D eigenvalue weighted by molar-refractivity contribution is 14.1. The van der Waals surface area contributed by atoms with E-state index in [1.54, 1.807) is 0 Å². The van der Waals surface area contributed by atoms with Crippen LogP contribution < -0.4 is 0 Å². The van der Waals surface area contributed by atoms with Gasteiger partial charge >= 0.3 is 0 Å². The van der Waals surface area contributed by atoms with E-state index >= 15 is 0 Å². The Morgan fingerprint density at radius 3 is 2.28 bits per heavy atom. The lowest BCUT2D eigenvalue weighted by Gasteiger charge is -2.21. The molecule has 0 spiro atoms. The van der Waals surface area contributed by atoms with Crippen LogP contribution in [0.4, 0.5) is 0 Å². The predicted octanol–water partition coefficient (Wildman–Crippen LogP) is 6.11. The molecule has 1 atom stereocenters. The van der Waals surface area contributed by atoms with Crippen LogP contribution in [0.5, 0.6) is 0 Å². The molecule has 25 heavy (non-hydrogen) atoms. The van der Waals surface area contributed by atoms with Gasteiger partial charge in [-0.1, -0.05) is 19.6 Å². The molecule has 0 unspecified atom stereocenters. The van der Waals surface area contributed by atoms with Crippen molar-refractivity contribution in [2.24, 2.45) is 0 Å². The topological polar surface area (TPSA) is 37.3 Å². The summed E-state index contributed by atoms with van der Waals surface area (Å²) in [5.74, 6) is 0.313. The number of carbonyl (C=O) groups is 1. The Bertz CT molecular complexity index is 756. The summed E-state index contributed by atoms with van der Waals surface area (Å²) >= 11 is 4.59. The van der Waals surface area contributed by atoms with E-state index in [4.69, 9.17) is 0 Å². The minimum absolute atomic E-state index is 0. The van der Waals surface area contributed by atoms with Crippen LogP contribution >= 0.6 is 45.2 Å². The molecule has 2 aliphatic carbocycles. The fraction of sp³-hybridized carbons (Fsp3) is 0.381. The summed E-state index contributed by atoms with van der Waals surface area (Å²) in [6, 6.07) is 12.4. The maximum Gasteiger partial charge on any atom is 0.163 e. The quantitative estimate of drug-likeness (QED) is 0.394. The van der Waals surface area contributed by atoms with Crippen molar-refractivity contribution in [3.05, 3.63) is 65.8 Å². The van der Waals surface area contributed by atoms with Gasteiger partial charge in [0.25, 0.3) is 0 Å². The number of benzene rings is 2. The van der Waals surface area contributed by atoms with Gasteiger partial charge in [0, 0.05) is 19.1 Å². The Kier molecular flexibility index (Phi) is 7.89. The maximum absolute atomic E-state index is 11.4. The highest BCUT2D eigenvalue weighted by atomic mass is 127. The summed E-state index contributed by atoms with van der Waals surface area (Å²) in [5, 5.41) is 9.65. The number of aliphatic hydroxyl groups is 1. The fourth-order valence-corrected chi connectivity index (χ4v) is 4.48. The minimum atomic E-state index is -0.217. The number of hydrogen-bond acceptors (Lipinski definition) is 2. The molecule has 0 fully saturated rings. The number of aliphatic hydroxyl groups excluding tert-OH is 1. The molecule has 1 N–H and O–H groups in total. The molecular weight excluding hydrogens is 538 g/mol. The first-order valence-corrected chi connectivity index (χ1v) is 10.5. The zero-order valence-corrected chi connectivity index (χ0v) is 17.7. The van der Waals surface area contributed by atoms with E-state index in [0.717, 1.165) is 49.7 Å². The molecule has 2 aliphatic rings. The number of fused-ring (bicyclic) bond motifs is 2. The molecule has 0 saturated carbocycles. The summed E-state index contributed by atoms with van der Waals surface area (Å²) in [4.78, 5) is 11.4. The molecule has 2 nitrogen and oxygen atoms in total. The minimum Gasteiger partial charge on any atom is -0.388 e. The molecule has 4 heteroatoms. The van der Waals surface area contributed by atoms with E-state index < -0.39 is 0 Å². The normalized spacial score (nSPS) is 18.2. The average Bonchev–Trinajstić information content (AvgIpc) is 2.55. The molecule has 0 bridgehead atoms. The van der Waals surface area contributed by atoms with E-state index in [-0.39, 0.29) is 13.5 Å². The molecule has 0 saturated heterocycles. The van der Waals surface area contributed by atoms with E-state index in [2.05, 4.69) is 69.4 Å². The highest BCUT2D eigenvalue weighted by Gasteiger charge is 2.17. The molecule has 134 valence electrons. The van der Waals surface area contributed by atoms with E-state index in [1.165, 1.54) is 18.3 Å². The summed E-state index contributed by atoms with van der Waals surface area (Å²) in [6.07, 6.45) is 5.77. The lowest BCUT2D eigenvalue weighted by atomic mass is 9.90. The summed E-state index contributed by atoms with van der Waals surface area (Å²) in [6.45, 7) is 0. The van der Waals surface area contributed by atoms with Gasteiger partial charge in [0.15, 0.2) is 5.78 Å². The third-order valence-corrected chi connectivity index (χ3v) is 5.95. The second-order valence-electron chi connectivity index (χ2n) is 6.33. The van der Waals surface area contributed by atoms with Gasteiger partial charge in [-0.2, -0.15) is 0 Å². The molecule has 0 radical (unpaired) electrons. The second kappa shape index (κ2) is 9.46. The molecule has 2 aromatic carbocycles. The maximum atomic E-state index is 11.4. The Morgan fingerprint density at radius 1 is 0.880 bits per heavy atom. The predicted molar refractivity (Wildman–Crippen MR) is 120 cm³/mol. The first-order valence-electron chi connectivity index (χ1n) is 8.32. The van der Waals surface area contributed by atoms with Crippen LogP contribution in [0.3, 0.4) is 0 Å². The Morgan fingerprint density at radius 2 is 1.52 bits per heavy atom. The van der Waals surface area contributed by atoms with E-state index in [1.807, 2.05) is 12.1 Å². The van der Waals surface area contributed by atoms with Crippen LogP contribution in [0.25, 0.3) is 0 Å². The summed E-state index contributed by atoms with van der Waals surface area (Å²) in [7, 11) is 0. The Balaban J connectivity index is 0.000000173. The van der Waals surface area contributed by atoms with Crippen molar-refractivity contribution >= 4 is 51.0 Å². The molecule has 4 rings (SSSR count). The van der Waals surface area contributed by atoms with Crippen molar-refractivity contribution in [2.45, 2.75) is 52.1 Å². The van der Waals surface area contributed by atoms with E-state index in [9.17, 15) is 9.90 Å². The number of carbonyl (C=O) groups excluding carboxylic acids is 1. The van der Waals surface area contributed by atoms with Gasteiger partial charge in [0.2, 0.25) is 0 Å². The van der Waals surface area contributed by atoms with Gasteiger partial charge in [-0.25, -0.2) is 0 Å². The van der Waals surface area contributed by atoms with Crippen molar-refractivity contribution in [3.8, 4) is 0 Å². The van der Waals surface area contributed by atoms with Crippen LogP contribution in [-0.4, -0.2) is 10.9 Å². The van der Waals surface area contributed by atoms with Gasteiger partial charge in [-0.05, 0) is 118 Å². The largest absolute Gasteiger partial charge is 0.388 e. The van der Waals surface area contributed by atoms with Crippen LogP contribution in [0.1, 0.15) is 66.3 Å². The fourth-order valence-electron chi connectivity index (χ4n) is 3.37. The Hall–Kier alpha value is -0.470. The van der Waals surface area contributed by atoms with Crippen molar-refractivity contribution in [1.82, 2.24) is 0 Å². The molecule has 0 aliphatic heterocycles. The SMILES string of the molecule is C.O=C1CCCc2cc(I)ccc21.O[C@H]1CCCc2cc(I)ccc21. The number of rotatable bonds is 0. The molecule has 0 amide bonds.